The second-order valence-electron chi connectivity index (χ2n) is 4.77. The van der Waals surface area contributed by atoms with Crippen molar-refractivity contribution in [1.82, 2.24) is 0 Å². The predicted octanol–water partition coefficient (Wildman–Crippen LogP) is 3.31. The molecule has 0 amide bonds. The first kappa shape index (κ1) is 13.7. The molecule has 1 fully saturated rings. The van der Waals surface area contributed by atoms with Crippen LogP contribution in [0.4, 0.5) is 0 Å². The lowest BCUT2D eigenvalue weighted by Gasteiger charge is -2.23. The summed E-state index contributed by atoms with van der Waals surface area (Å²) in [6.45, 7) is 3.35. The summed E-state index contributed by atoms with van der Waals surface area (Å²) < 4.78 is 11.5. The van der Waals surface area contributed by atoms with E-state index in [2.05, 4.69) is 0 Å². The number of hydrogen-bond acceptors (Lipinski definition) is 3. The van der Waals surface area contributed by atoms with Crippen molar-refractivity contribution >= 4 is 11.6 Å². The maximum absolute atomic E-state index is 5.97. The summed E-state index contributed by atoms with van der Waals surface area (Å²) in [4.78, 5) is 0. The molecule has 0 aliphatic carbocycles. The molecule has 18 heavy (non-hydrogen) atoms. The van der Waals surface area contributed by atoms with Gasteiger partial charge >= 0.3 is 0 Å². The molecule has 1 unspecified atom stereocenters. The van der Waals surface area contributed by atoms with Crippen LogP contribution in [0.3, 0.4) is 0 Å². The SMILES string of the molecule is C[C@@H](N)c1cc(Cl)ccc1OCC1CCCCO1. The van der Waals surface area contributed by atoms with Gasteiger partial charge in [0.05, 0.1) is 6.10 Å². The fraction of sp³-hybridized carbons (Fsp3) is 0.571. The number of hydrogen-bond donors (Lipinski definition) is 1. The predicted molar refractivity (Wildman–Crippen MR) is 73.1 cm³/mol. The summed E-state index contributed by atoms with van der Waals surface area (Å²) in [5, 5.41) is 0.684. The van der Waals surface area contributed by atoms with E-state index in [1.807, 2.05) is 25.1 Å². The number of nitrogens with two attached hydrogens (primary N) is 1. The normalized spacial score (nSPS) is 21.6. The maximum atomic E-state index is 5.97. The van der Waals surface area contributed by atoms with Gasteiger partial charge in [0, 0.05) is 23.2 Å². The summed E-state index contributed by atoms with van der Waals surface area (Å²) in [6.07, 6.45) is 3.65. The van der Waals surface area contributed by atoms with Gasteiger partial charge in [-0.05, 0) is 44.4 Å². The largest absolute Gasteiger partial charge is 0.491 e. The summed E-state index contributed by atoms with van der Waals surface area (Å²) in [5.74, 6) is 0.809. The molecule has 0 bridgehead atoms. The molecule has 1 aromatic carbocycles. The third kappa shape index (κ3) is 3.61. The molecular weight excluding hydrogens is 250 g/mol. The van der Waals surface area contributed by atoms with E-state index in [1.54, 1.807) is 0 Å². The van der Waals surface area contributed by atoms with Crippen molar-refractivity contribution in [3.05, 3.63) is 28.8 Å². The molecule has 4 heteroatoms. The van der Waals surface area contributed by atoms with Crippen molar-refractivity contribution in [2.45, 2.75) is 38.3 Å². The highest BCUT2D eigenvalue weighted by Crippen LogP contribution is 2.27. The van der Waals surface area contributed by atoms with Crippen molar-refractivity contribution in [2.24, 2.45) is 5.73 Å². The minimum absolute atomic E-state index is 0.0917. The molecule has 0 spiro atoms. The average molecular weight is 270 g/mol. The molecule has 0 radical (unpaired) electrons. The molecule has 1 heterocycles. The zero-order valence-electron chi connectivity index (χ0n) is 10.7. The van der Waals surface area contributed by atoms with Gasteiger partial charge in [-0.3, -0.25) is 0 Å². The van der Waals surface area contributed by atoms with Crippen LogP contribution in [0.15, 0.2) is 18.2 Å². The van der Waals surface area contributed by atoms with Crippen LogP contribution in [0.5, 0.6) is 5.75 Å². The van der Waals surface area contributed by atoms with Crippen LogP contribution in [0, 0.1) is 0 Å². The molecule has 0 saturated carbocycles. The Labute approximate surface area is 113 Å². The Hall–Kier alpha value is -0.770. The van der Waals surface area contributed by atoms with Gasteiger partial charge in [0.15, 0.2) is 0 Å². The second-order valence-corrected chi connectivity index (χ2v) is 5.21. The third-order valence-electron chi connectivity index (χ3n) is 3.16. The van der Waals surface area contributed by atoms with Crippen molar-refractivity contribution in [2.75, 3.05) is 13.2 Å². The number of halogens is 1. The fourth-order valence-corrected chi connectivity index (χ4v) is 2.31. The van der Waals surface area contributed by atoms with E-state index in [1.165, 1.54) is 6.42 Å². The fourth-order valence-electron chi connectivity index (χ4n) is 2.13. The molecule has 2 N–H and O–H groups in total. The van der Waals surface area contributed by atoms with E-state index in [4.69, 9.17) is 26.8 Å². The van der Waals surface area contributed by atoms with Gasteiger partial charge < -0.3 is 15.2 Å². The lowest BCUT2D eigenvalue weighted by Crippen LogP contribution is -2.26. The molecular formula is C14H20ClNO2. The minimum atomic E-state index is -0.0917. The monoisotopic (exact) mass is 269 g/mol. The smallest absolute Gasteiger partial charge is 0.124 e. The first-order chi connectivity index (χ1) is 8.66. The van der Waals surface area contributed by atoms with Crippen LogP contribution in [0.1, 0.15) is 37.8 Å². The highest BCUT2D eigenvalue weighted by molar-refractivity contribution is 6.30. The summed E-state index contributed by atoms with van der Waals surface area (Å²) >= 11 is 5.97. The highest BCUT2D eigenvalue weighted by atomic mass is 35.5. The Balaban J connectivity index is 1.99. The Morgan fingerprint density at radius 3 is 3.00 bits per heavy atom. The van der Waals surface area contributed by atoms with E-state index < -0.39 is 0 Å². The van der Waals surface area contributed by atoms with Crippen LogP contribution < -0.4 is 10.5 Å². The Bertz CT molecular complexity index is 389. The molecule has 2 rings (SSSR count). The molecule has 2 atom stereocenters. The number of rotatable bonds is 4. The van der Waals surface area contributed by atoms with Gasteiger partial charge in [0.2, 0.25) is 0 Å². The standard InChI is InChI=1S/C14H20ClNO2/c1-10(16)13-8-11(15)5-6-14(13)18-9-12-4-2-3-7-17-12/h5-6,8,10,12H,2-4,7,9,16H2,1H3/t10-,12?/m1/s1. The highest BCUT2D eigenvalue weighted by Gasteiger charge is 2.16. The van der Waals surface area contributed by atoms with Crippen LogP contribution in [0.25, 0.3) is 0 Å². The molecule has 100 valence electrons. The first-order valence-electron chi connectivity index (χ1n) is 6.46. The van der Waals surface area contributed by atoms with Crippen molar-refractivity contribution in [3.8, 4) is 5.75 Å². The Morgan fingerprint density at radius 2 is 2.33 bits per heavy atom. The number of benzene rings is 1. The number of ether oxygens (including phenoxy) is 2. The van der Waals surface area contributed by atoms with E-state index >= 15 is 0 Å². The first-order valence-corrected chi connectivity index (χ1v) is 6.84. The Kier molecular flexibility index (Phi) is 4.87. The van der Waals surface area contributed by atoms with Crippen LogP contribution in [0.2, 0.25) is 5.02 Å². The van der Waals surface area contributed by atoms with Gasteiger partial charge in [-0.1, -0.05) is 11.6 Å². The lowest BCUT2D eigenvalue weighted by atomic mass is 10.1. The second kappa shape index (κ2) is 6.41. The van der Waals surface area contributed by atoms with Gasteiger partial charge in [0.25, 0.3) is 0 Å². The summed E-state index contributed by atoms with van der Waals surface area (Å²) in [6, 6.07) is 5.48. The van der Waals surface area contributed by atoms with Crippen LogP contribution in [-0.4, -0.2) is 19.3 Å². The molecule has 1 saturated heterocycles. The van der Waals surface area contributed by atoms with E-state index in [0.29, 0.717) is 11.6 Å². The van der Waals surface area contributed by atoms with E-state index in [-0.39, 0.29) is 12.1 Å². The quantitative estimate of drug-likeness (QED) is 0.912. The van der Waals surface area contributed by atoms with Crippen molar-refractivity contribution < 1.29 is 9.47 Å². The summed E-state index contributed by atoms with van der Waals surface area (Å²) in [7, 11) is 0. The van der Waals surface area contributed by atoms with E-state index in [9.17, 15) is 0 Å². The van der Waals surface area contributed by atoms with Crippen molar-refractivity contribution in [1.29, 1.82) is 0 Å². The van der Waals surface area contributed by atoms with Gasteiger partial charge in [-0.25, -0.2) is 0 Å². The topological polar surface area (TPSA) is 44.5 Å². The van der Waals surface area contributed by atoms with Crippen LogP contribution in [-0.2, 0) is 4.74 Å². The molecule has 1 aromatic rings. The molecule has 1 aliphatic rings. The Morgan fingerprint density at radius 1 is 1.50 bits per heavy atom. The molecule has 0 aromatic heterocycles. The van der Waals surface area contributed by atoms with Gasteiger partial charge in [-0.15, -0.1) is 0 Å². The van der Waals surface area contributed by atoms with Crippen molar-refractivity contribution in [3.63, 3.8) is 0 Å². The average Bonchev–Trinajstić information content (AvgIpc) is 2.38. The summed E-state index contributed by atoms with van der Waals surface area (Å²) in [5.41, 5.74) is 6.87. The van der Waals surface area contributed by atoms with E-state index in [0.717, 1.165) is 30.8 Å². The minimum Gasteiger partial charge on any atom is -0.491 e. The molecule has 3 nitrogen and oxygen atoms in total. The zero-order chi connectivity index (χ0) is 13.0. The third-order valence-corrected chi connectivity index (χ3v) is 3.40. The zero-order valence-corrected chi connectivity index (χ0v) is 11.5. The van der Waals surface area contributed by atoms with Gasteiger partial charge in [-0.2, -0.15) is 0 Å². The maximum Gasteiger partial charge on any atom is 0.124 e. The van der Waals surface area contributed by atoms with Gasteiger partial charge in [0.1, 0.15) is 12.4 Å². The lowest BCUT2D eigenvalue weighted by molar-refractivity contribution is -0.0112. The molecule has 1 aliphatic heterocycles. The van der Waals surface area contributed by atoms with Crippen LogP contribution >= 0.6 is 11.6 Å².